The van der Waals surface area contributed by atoms with Gasteiger partial charge in [-0.15, -0.1) is 0 Å². The second-order valence-electron chi connectivity index (χ2n) is 9.44. The van der Waals surface area contributed by atoms with Gasteiger partial charge in [-0.05, 0) is 58.7 Å². The van der Waals surface area contributed by atoms with Crippen molar-refractivity contribution in [3.63, 3.8) is 0 Å². The molecule has 182 valence electrons. The van der Waals surface area contributed by atoms with E-state index in [9.17, 15) is 40.9 Å². The first-order chi connectivity index (χ1) is 17.2. The van der Waals surface area contributed by atoms with Gasteiger partial charge in [0.25, 0.3) is 0 Å². The Morgan fingerprint density at radius 2 is 0.778 bits per heavy atom. The van der Waals surface area contributed by atoms with Crippen LogP contribution in [0, 0.1) is 0 Å². The standard InChI is InChI=1S/C28H22O8/c29-13-7-15-25(21(35)9-13)23(11-1-3-17(31)19(33)5-11)27-16-8-14(30)10-22(36)26(16)24(28(15)27)12-2-4-18(32)20(34)6-12/h1-10,23-24,27-36H. The Morgan fingerprint density at radius 1 is 0.389 bits per heavy atom. The summed E-state index contributed by atoms with van der Waals surface area (Å²) < 4.78 is 0. The van der Waals surface area contributed by atoms with Crippen LogP contribution < -0.4 is 0 Å². The molecule has 2 aliphatic rings. The molecule has 36 heavy (non-hydrogen) atoms. The molecule has 0 amide bonds. The molecule has 0 fully saturated rings. The number of hydrogen-bond donors (Lipinski definition) is 8. The fraction of sp³-hybridized carbons (Fsp3) is 0.143. The topological polar surface area (TPSA) is 162 Å². The average Bonchev–Trinajstić information content (AvgIpc) is 3.31. The summed E-state index contributed by atoms with van der Waals surface area (Å²) in [6.45, 7) is 0. The summed E-state index contributed by atoms with van der Waals surface area (Å²) in [7, 11) is 0. The Labute approximate surface area is 204 Å². The molecule has 0 aromatic heterocycles. The van der Waals surface area contributed by atoms with E-state index in [0.717, 1.165) is 0 Å². The minimum atomic E-state index is -0.576. The summed E-state index contributed by atoms with van der Waals surface area (Å²) in [5.41, 5.74) is 3.36. The normalized spacial score (nSPS) is 21.7. The molecule has 8 N–H and O–H groups in total. The van der Waals surface area contributed by atoms with Gasteiger partial charge in [-0.25, -0.2) is 0 Å². The number of phenolic OH excluding ortho intramolecular Hbond substituents is 8. The van der Waals surface area contributed by atoms with Gasteiger partial charge in [-0.1, -0.05) is 12.1 Å². The molecule has 6 rings (SSSR count). The van der Waals surface area contributed by atoms with E-state index >= 15 is 0 Å². The van der Waals surface area contributed by atoms with Crippen molar-refractivity contribution in [1.29, 1.82) is 0 Å². The Bertz CT molecular complexity index is 1440. The van der Waals surface area contributed by atoms with Crippen LogP contribution in [0.4, 0.5) is 0 Å². The van der Waals surface area contributed by atoms with Gasteiger partial charge in [0.05, 0.1) is 0 Å². The molecule has 0 aliphatic heterocycles. The zero-order valence-corrected chi connectivity index (χ0v) is 18.7. The van der Waals surface area contributed by atoms with Crippen LogP contribution in [0.25, 0.3) is 0 Å². The van der Waals surface area contributed by atoms with E-state index in [1.807, 2.05) is 0 Å². The second kappa shape index (κ2) is 7.39. The zero-order chi connectivity index (χ0) is 25.5. The molecule has 0 spiro atoms. The maximum atomic E-state index is 11.0. The van der Waals surface area contributed by atoms with Crippen molar-refractivity contribution in [1.82, 2.24) is 0 Å². The van der Waals surface area contributed by atoms with Crippen molar-refractivity contribution in [2.75, 3.05) is 0 Å². The first-order valence-corrected chi connectivity index (χ1v) is 11.3. The molecular formula is C28H22O8. The third-order valence-corrected chi connectivity index (χ3v) is 7.51. The minimum absolute atomic E-state index is 0.157. The van der Waals surface area contributed by atoms with Crippen LogP contribution in [-0.2, 0) is 0 Å². The first kappa shape index (κ1) is 21.8. The Kier molecular flexibility index (Phi) is 4.47. The molecule has 4 aromatic carbocycles. The molecule has 0 bridgehead atoms. The van der Waals surface area contributed by atoms with E-state index in [-0.39, 0.29) is 46.0 Å². The lowest BCUT2D eigenvalue weighted by Gasteiger charge is -2.23. The summed E-state index contributed by atoms with van der Waals surface area (Å²) in [6, 6.07) is 14.3. The fourth-order valence-corrected chi connectivity index (χ4v) is 6.25. The van der Waals surface area contributed by atoms with Crippen molar-refractivity contribution < 1.29 is 40.9 Å². The summed E-state index contributed by atoms with van der Waals surface area (Å²) >= 11 is 0. The fourth-order valence-electron chi connectivity index (χ4n) is 6.25. The van der Waals surface area contributed by atoms with Crippen LogP contribution in [0.1, 0.15) is 57.1 Å². The number of rotatable bonds is 2. The average molecular weight is 486 g/mol. The molecule has 0 heterocycles. The van der Waals surface area contributed by atoms with Crippen molar-refractivity contribution >= 4 is 0 Å². The number of hydrogen-bond acceptors (Lipinski definition) is 8. The molecule has 4 unspecified atom stereocenters. The van der Waals surface area contributed by atoms with Crippen LogP contribution in [-0.4, -0.2) is 40.9 Å². The highest BCUT2D eigenvalue weighted by Crippen LogP contribution is 2.69. The summed E-state index contributed by atoms with van der Waals surface area (Å²) in [5, 5.41) is 83.0. The maximum absolute atomic E-state index is 11.0. The molecule has 4 aromatic rings. The number of aromatic hydroxyl groups is 8. The lowest BCUT2D eigenvalue weighted by molar-refractivity contribution is 0.401. The maximum Gasteiger partial charge on any atom is 0.157 e. The van der Waals surface area contributed by atoms with Crippen LogP contribution in [0.5, 0.6) is 46.0 Å². The molecule has 4 atom stereocenters. The molecule has 8 nitrogen and oxygen atoms in total. The summed E-state index contributed by atoms with van der Waals surface area (Å²) in [5.74, 6) is -4.00. The van der Waals surface area contributed by atoms with Gasteiger partial charge < -0.3 is 40.9 Å². The van der Waals surface area contributed by atoms with E-state index in [2.05, 4.69) is 0 Å². The zero-order valence-electron chi connectivity index (χ0n) is 18.7. The largest absolute Gasteiger partial charge is 0.508 e. The van der Waals surface area contributed by atoms with Crippen molar-refractivity contribution in [2.45, 2.75) is 23.7 Å². The SMILES string of the molecule is Oc1cc(O)c2c(c1)C1C(c3ccc(O)c(O)c3)c3c(O)cc(O)cc3C1C2c1ccc(O)c(O)c1. The Morgan fingerprint density at radius 3 is 1.14 bits per heavy atom. The number of benzene rings is 4. The van der Waals surface area contributed by atoms with Gasteiger partial charge in [0, 0.05) is 46.9 Å². The number of phenols is 8. The Balaban J connectivity index is 1.68. The van der Waals surface area contributed by atoms with Gasteiger partial charge in [0.1, 0.15) is 23.0 Å². The van der Waals surface area contributed by atoms with Gasteiger partial charge in [0.2, 0.25) is 0 Å². The monoisotopic (exact) mass is 486 g/mol. The van der Waals surface area contributed by atoms with Crippen molar-refractivity contribution in [3.05, 3.63) is 94.0 Å². The van der Waals surface area contributed by atoms with Gasteiger partial charge in [0.15, 0.2) is 23.0 Å². The van der Waals surface area contributed by atoms with Gasteiger partial charge in [-0.3, -0.25) is 0 Å². The van der Waals surface area contributed by atoms with Gasteiger partial charge >= 0.3 is 0 Å². The highest BCUT2D eigenvalue weighted by molar-refractivity contribution is 5.68. The first-order valence-electron chi connectivity index (χ1n) is 11.3. The number of fused-ring (bicyclic) bond motifs is 5. The lowest BCUT2D eigenvalue weighted by Crippen LogP contribution is -2.10. The van der Waals surface area contributed by atoms with E-state index in [0.29, 0.717) is 33.4 Å². The third-order valence-electron chi connectivity index (χ3n) is 7.51. The highest BCUT2D eigenvalue weighted by Gasteiger charge is 2.54. The van der Waals surface area contributed by atoms with Crippen molar-refractivity contribution in [3.8, 4) is 46.0 Å². The van der Waals surface area contributed by atoms with E-state index in [4.69, 9.17) is 0 Å². The molecule has 0 radical (unpaired) electrons. The quantitative estimate of drug-likeness (QED) is 0.192. The van der Waals surface area contributed by atoms with E-state index in [1.54, 1.807) is 24.3 Å². The van der Waals surface area contributed by atoms with Crippen LogP contribution in [0.2, 0.25) is 0 Å². The van der Waals surface area contributed by atoms with Crippen LogP contribution in [0.15, 0.2) is 60.7 Å². The minimum Gasteiger partial charge on any atom is -0.508 e. The van der Waals surface area contributed by atoms with Crippen molar-refractivity contribution in [2.24, 2.45) is 0 Å². The van der Waals surface area contributed by atoms with Crippen LogP contribution in [0.3, 0.4) is 0 Å². The highest BCUT2D eigenvalue weighted by atomic mass is 16.3. The molecule has 2 aliphatic carbocycles. The van der Waals surface area contributed by atoms with Crippen LogP contribution >= 0.6 is 0 Å². The van der Waals surface area contributed by atoms with E-state index < -0.39 is 23.7 Å². The third kappa shape index (κ3) is 2.94. The second-order valence-corrected chi connectivity index (χ2v) is 9.44. The predicted octanol–water partition coefficient (Wildman–Crippen LogP) is 4.49. The summed E-state index contributed by atoms with van der Waals surface area (Å²) in [6.07, 6.45) is 0. The van der Waals surface area contributed by atoms with Gasteiger partial charge in [-0.2, -0.15) is 0 Å². The Hall–Kier alpha value is -4.72. The van der Waals surface area contributed by atoms with E-state index in [1.165, 1.54) is 36.4 Å². The summed E-state index contributed by atoms with van der Waals surface area (Å²) in [4.78, 5) is 0. The molecule has 0 saturated carbocycles. The molecule has 8 heteroatoms. The lowest BCUT2D eigenvalue weighted by atomic mass is 9.79. The molecule has 0 saturated heterocycles. The molecular weight excluding hydrogens is 464 g/mol. The predicted molar refractivity (Wildman–Crippen MR) is 128 cm³/mol. The smallest absolute Gasteiger partial charge is 0.157 e.